The van der Waals surface area contributed by atoms with Gasteiger partial charge in [0, 0.05) is 25.7 Å². The van der Waals surface area contributed by atoms with Gasteiger partial charge in [0.1, 0.15) is 0 Å². The van der Waals surface area contributed by atoms with E-state index in [2.05, 4.69) is 55.4 Å². The Morgan fingerprint density at radius 1 is 0.885 bits per heavy atom. The Labute approximate surface area is 162 Å². The first-order valence-corrected chi connectivity index (χ1v) is 14.3. The summed E-state index contributed by atoms with van der Waals surface area (Å²) in [6.07, 6.45) is 0.784. The first-order valence-electron chi connectivity index (χ1n) is 10.3. The number of methoxy groups -OCH3 is 1. The van der Waals surface area contributed by atoms with Crippen LogP contribution < -0.4 is 5.73 Å². The zero-order chi connectivity index (χ0) is 19.9. The molecule has 2 rings (SSSR count). The molecule has 0 aromatic rings. The third-order valence-corrected chi connectivity index (χ3v) is 16.7. The van der Waals surface area contributed by atoms with Gasteiger partial charge in [0.15, 0.2) is 0 Å². The molecular weight excluding hydrogens is 362 g/mol. The van der Waals surface area contributed by atoms with E-state index in [1.807, 2.05) is 0 Å². The summed E-state index contributed by atoms with van der Waals surface area (Å²) in [6.45, 7) is 18.7. The first kappa shape index (κ1) is 22.5. The predicted octanol–water partition coefficient (Wildman–Crippen LogP) is 4.31. The van der Waals surface area contributed by atoms with Gasteiger partial charge in [-0.1, -0.05) is 55.4 Å². The van der Waals surface area contributed by atoms with Crippen LogP contribution in [0.5, 0.6) is 0 Å². The van der Waals surface area contributed by atoms with Crippen molar-refractivity contribution in [2.24, 2.45) is 11.7 Å². The van der Waals surface area contributed by atoms with Gasteiger partial charge in [-0.05, 0) is 28.6 Å². The normalized spacial score (nSPS) is 34.4. The fourth-order valence-electron chi connectivity index (χ4n) is 4.93. The minimum absolute atomic E-state index is 0.00288. The molecule has 0 spiro atoms. The summed E-state index contributed by atoms with van der Waals surface area (Å²) >= 11 is 0. The van der Waals surface area contributed by atoms with E-state index >= 15 is 0 Å². The average Bonchev–Trinajstić information content (AvgIpc) is 2.80. The minimum atomic E-state index is -2.55. The molecule has 1 saturated heterocycles. The standard InChI is InChI=1S/C19H41NO4Si2/c1-12(2)25(13(3)4)22-11-16-10-17(20)19(21-9)18(16)23-26(24-25,14(5)6)15(7)8/h12-19H,10-11,20H2,1-9H3/t16-,17-,18+,19+/m1/s1. The second-order valence-corrected chi connectivity index (χ2v) is 18.3. The van der Waals surface area contributed by atoms with Gasteiger partial charge in [0.2, 0.25) is 0 Å². The zero-order valence-corrected chi connectivity index (χ0v) is 20.2. The van der Waals surface area contributed by atoms with Gasteiger partial charge in [0.05, 0.1) is 12.2 Å². The Hall–Kier alpha value is 0.234. The highest BCUT2D eigenvalue weighted by atomic mass is 28.5. The molecule has 0 unspecified atom stereocenters. The van der Waals surface area contributed by atoms with E-state index in [4.69, 9.17) is 23.4 Å². The predicted molar refractivity (Wildman–Crippen MR) is 111 cm³/mol. The molecule has 0 aromatic heterocycles. The van der Waals surface area contributed by atoms with E-state index in [-0.39, 0.29) is 24.2 Å². The van der Waals surface area contributed by atoms with Gasteiger partial charge in [0.25, 0.3) is 0 Å². The fraction of sp³-hybridized carbons (Fsp3) is 1.00. The Morgan fingerprint density at radius 2 is 1.38 bits per heavy atom. The van der Waals surface area contributed by atoms with Gasteiger partial charge >= 0.3 is 17.1 Å². The average molecular weight is 404 g/mol. The minimum Gasteiger partial charge on any atom is -0.414 e. The summed E-state index contributed by atoms with van der Waals surface area (Å²) in [5.41, 5.74) is 7.83. The van der Waals surface area contributed by atoms with Crippen LogP contribution in [0, 0.1) is 5.92 Å². The molecule has 26 heavy (non-hydrogen) atoms. The lowest BCUT2D eigenvalue weighted by Crippen LogP contribution is -2.65. The van der Waals surface area contributed by atoms with Crippen LogP contribution in [-0.4, -0.2) is 49.1 Å². The highest BCUT2D eigenvalue weighted by molar-refractivity contribution is 6.83. The van der Waals surface area contributed by atoms with Crippen molar-refractivity contribution in [3.8, 4) is 0 Å². The summed E-state index contributed by atoms with van der Waals surface area (Å²) in [5, 5.41) is 0. The molecule has 5 nitrogen and oxygen atoms in total. The number of ether oxygens (including phenoxy) is 1. The van der Waals surface area contributed by atoms with Crippen LogP contribution in [0.4, 0.5) is 0 Å². The topological polar surface area (TPSA) is 62.9 Å². The SMILES string of the molecule is CO[C@@H]1[C@H]2O[Si](C(C)C)(C(C)C)O[Si](C(C)C)(C(C)C)OC[C@H]2C[C@H]1N. The number of fused-ring (bicyclic) bond motifs is 1. The number of hydrogen-bond acceptors (Lipinski definition) is 5. The second-order valence-electron chi connectivity index (χ2n) is 9.42. The van der Waals surface area contributed by atoms with Crippen molar-refractivity contribution in [3.63, 3.8) is 0 Å². The molecule has 0 bridgehead atoms. The maximum absolute atomic E-state index is 7.19. The van der Waals surface area contributed by atoms with Crippen LogP contribution in [-0.2, 0) is 17.7 Å². The molecule has 2 fully saturated rings. The van der Waals surface area contributed by atoms with Crippen molar-refractivity contribution >= 4 is 17.1 Å². The molecule has 7 heteroatoms. The summed E-state index contributed by atoms with van der Waals surface area (Å²) in [5.74, 6) is 0.285. The van der Waals surface area contributed by atoms with Crippen molar-refractivity contribution in [2.45, 2.75) is 102 Å². The lowest BCUT2D eigenvalue weighted by molar-refractivity contribution is -0.0376. The Bertz CT molecular complexity index is 456. The van der Waals surface area contributed by atoms with Crippen LogP contribution in [0.25, 0.3) is 0 Å². The van der Waals surface area contributed by atoms with Gasteiger partial charge in [-0.2, -0.15) is 0 Å². The highest BCUT2D eigenvalue weighted by Crippen LogP contribution is 2.48. The molecule has 2 aliphatic rings. The first-order chi connectivity index (χ1) is 12.0. The van der Waals surface area contributed by atoms with E-state index in [0.717, 1.165) is 6.42 Å². The largest absolute Gasteiger partial charge is 0.414 e. The Morgan fingerprint density at radius 3 is 1.81 bits per heavy atom. The third-order valence-electron chi connectivity index (χ3n) is 6.44. The summed E-state index contributed by atoms with van der Waals surface area (Å²) < 4.78 is 26.7. The molecule has 1 heterocycles. The van der Waals surface area contributed by atoms with Crippen LogP contribution in [0.15, 0.2) is 0 Å². The van der Waals surface area contributed by atoms with Crippen molar-refractivity contribution in [1.29, 1.82) is 0 Å². The Kier molecular flexibility index (Phi) is 7.20. The monoisotopic (exact) mass is 403 g/mol. The van der Waals surface area contributed by atoms with Gasteiger partial charge in [-0.3, -0.25) is 0 Å². The third kappa shape index (κ3) is 3.73. The van der Waals surface area contributed by atoms with Gasteiger partial charge < -0.3 is 23.4 Å². The van der Waals surface area contributed by atoms with E-state index < -0.39 is 17.1 Å². The second kappa shape index (κ2) is 8.31. The molecule has 0 radical (unpaired) electrons. The fourth-order valence-corrected chi connectivity index (χ4v) is 16.2. The van der Waals surface area contributed by atoms with Gasteiger partial charge in [-0.15, -0.1) is 0 Å². The number of nitrogens with two attached hydrogens (primary N) is 1. The summed E-state index contributed by atoms with van der Waals surface area (Å²) in [7, 11) is -3.25. The van der Waals surface area contributed by atoms with Crippen molar-refractivity contribution in [1.82, 2.24) is 0 Å². The molecule has 1 aliphatic heterocycles. The molecule has 0 aromatic carbocycles. The van der Waals surface area contributed by atoms with E-state index in [9.17, 15) is 0 Å². The molecule has 0 amide bonds. The Balaban J connectivity index is 2.54. The van der Waals surface area contributed by atoms with E-state index in [0.29, 0.717) is 28.8 Å². The van der Waals surface area contributed by atoms with E-state index in [1.165, 1.54) is 0 Å². The molecule has 4 atom stereocenters. The van der Waals surface area contributed by atoms with Crippen LogP contribution in [0.1, 0.15) is 61.8 Å². The van der Waals surface area contributed by atoms with Crippen LogP contribution in [0.2, 0.25) is 22.2 Å². The smallest absolute Gasteiger partial charge is 0.335 e. The van der Waals surface area contributed by atoms with Crippen molar-refractivity contribution < 1.29 is 17.7 Å². The number of rotatable bonds is 5. The van der Waals surface area contributed by atoms with Crippen LogP contribution >= 0.6 is 0 Å². The molecule has 1 aliphatic carbocycles. The highest BCUT2D eigenvalue weighted by Gasteiger charge is 2.60. The maximum Gasteiger partial charge on any atom is 0.335 e. The molecule has 154 valence electrons. The van der Waals surface area contributed by atoms with Crippen molar-refractivity contribution in [3.05, 3.63) is 0 Å². The molecule has 2 N–H and O–H groups in total. The lowest BCUT2D eigenvalue weighted by Gasteiger charge is -2.52. The zero-order valence-electron chi connectivity index (χ0n) is 18.2. The van der Waals surface area contributed by atoms with Crippen molar-refractivity contribution in [2.75, 3.05) is 13.7 Å². The molecular formula is C19H41NO4Si2. The van der Waals surface area contributed by atoms with E-state index in [1.54, 1.807) is 7.11 Å². The van der Waals surface area contributed by atoms with Crippen LogP contribution in [0.3, 0.4) is 0 Å². The quantitative estimate of drug-likeness (QED) is 0.693. The summed E-state index contributed by atoms with van der Waals surface area (Å²) in [6, 6.07) is -0.00288. The summed E-state index contributed by atoms with van der Waals surface area (Å²) in [4.78, 5) is 0. The maximum atomic E-state index is 7.19. The molecule has 1 saturated carbocycles. The van der Waals surface area contributed by atoms with Gasteiger partial charge in [-0.25, -0.2) is 0 Å². The lowest BCUT2D eigenvalue weighted by atomic mass is 10.1. The number of hydrogen-bond donors (Lipinski definition) is 1.